The summed E-state index contributed by atoms with van der Waals surface area (Å²) in [5, 5.41) is 2.82. The molecule has 1 amide bonds. The van der Waals surface area contributed by atoms with Crippen molar-refractivity contribution in [3.8, 4) is 0 Å². The number of nitrogens with zero attached hydrogens (tertiary/aromatic N) is 1. The van der Waals surface area contributed by atoms with Crippen LogP contribution in [-0.2, 0) is 14.3 Å². The van der Waals surface area contributed by atoms with Gasteiger partial charge in [0.2, 0.25) is 5.91 Å². The van der Waals surface area contributed by atoms with E-state index in [9.17, 15) is 9.59 Å². The van der Waals surface area contributed by atoms with E-state index in [1.165, 1.54) is 4.90 Å². The summed E-state index contributed by atoms with van der Waals surface area (Å²) in [5.74, 6) is -0.422. The lowest BCUT2D eigenvalue weighted by atomic mass is 10.2. The molecule has 0 rings (SSSR count). The zero-order valence-electron chi connectivity index (χ0n) is 11.0. The summed E-state index contributed by atoms with van der Waals surface area (Å²) in [6.07, 6.45) is 0. The third kappa shape index (κ3) is 6.40. The molecule has 0 saturated carbocycles. The van der Waals surface area contributed by atoms with E-state index < -0.39 is 11.6 Å². The van der Waals surface area contributed by atoms with Crippen LogP contribution in [0.3, 0.4) is 0 Å². The zero-order chi connectivity index (χ0) is 12.9. The summed E-state index contributed by atoms with van der Waals surface area (Å²) in [4.78, 5) is 24.3. The minimum atomic E-state index is -0.501. The quantitative estimate of drug-likeness (QED) is 0.710. The topological polar surface area (TPSA) is 58.6 Å². The number of hydrogen-bond acceptors (Lipinski definition) is 4. The van der Waals surface area contributed by atoms with E-state index in [0.717, 1.165) is 0 Å². The predicted octanol–water partition coefficient (Wildman–Crippen LogP) is 0.394. The van der Waals surface area contributed by atoms with Crippen molar-refractivity contribution in [1.82, 2.24) is 10.2 Å². The van der Waals surface area contributed by atoms with Gasteiger partial charge in [-0.2, -0.15) is 0 Å². The van der Waals surface area contributed by atoms with E-state index >= 15 is 0 Å². The van der Waals surface area contributed by atoms with E-state index in [1.54, 1.807) is 21.0 Å². The first-order valence-electron chi connectivity index (χ1n) is 5.30. The highest BCUT2D eigenvalue weighted by atomic mass is 16.6. The zero-order valence-corrected chi connectivity index (χ0v) is 11.0. The Labute approximate surface area is 97.1 Å². The highest BCUT2D eigenvalue weighted by Crippen LogP contribution is 2.08. The Morgan fingerprint density at radius 2 is 1.81 bits per heavy atom. The van der Waals surface area contributed by atoms with Crippen molar-refractivity contribution < 1.29 is 14.3 Å². The van der Waals surface area contributed by atoms with Gasteiger partial charge in [0, 0.05) is 14.1 Å². The number of amides is 1. The monoisotopic (exact) mass is 230 g/mol. The second-order valence-electron chi connectivity index (χ2n) is 4.92. The first-order chi connectivity index (χ1) is 7.13. The molecule has 0 radical (unpaired) electrons. The van der Waals surface area contributed by atoms with Crippen LogP contribution in [0, 0.1) is 0 Å². The molecule has 1 N–H and O–H groups in total. The molecule has 0 aromatic carbocycles. The number of hydrogen-bond donors (Lipinski definition) is 1. The fourth-order valence-corrected chi connectivity index (χ4v) is 0.872. The van der Waals surface area contributed by atoms with Crippen LogP contribution >= 0.6 is 0 Å². The van der Waals surface area contributed by atoms with Crippen molar-refractivity contribution in [2.24, 2.45) is 0 Å². The SMILES string of the molecule is CC(NCC(=O)N(C)C)C(=O)OC(C)(C)C. The summed E-state index contributed by atoms with van der Waals surface area (Å²) in [6, 6.07) is -0.483. The van der Waals surface area contributed by atoms with E-state index in [1.807, 2.05) is 20.8 Å². The molecule has 1 unspecified atom stereocenters. The Kier molecular flexibility index (Phi) is 5.44. The van der Waals surface area contributed by atoms with Crippen LogP contribution in [0.2, 0.25) is 0 Å². The number of carbonyl (C=O) groups is 2. The molecule has 0 aromatic rings. The lowest BCUT2D eigenvalue weighted by molar-refractivity contribution is -0.157. The van der Waals surface area contributed by atoms with Gasteiger partial charge in [-0.15, -0.1) is 0 Å². The highest BCUT2D eigenvalue weighted by Gasteiger charge is 2.21. The molecular weight excluding hydrogens is 208 g/mol. The number of likely N-dealkylation sites (N-methyl/N-ethyl adjacent to an activating group) is 1. The van der Waals surface area contributed by atoms with Crippen LogP contribution in [0.15, 0.2) is 0 Å². The van der Waals surface area contributed by atoms with E-state index in [2.05, 4.69) is 5.32 Å². The molecule has 0 aliphatic heterocycles. The molecule has 0 saturated heterocycles. The van der Waals surface area contributed by atoms with Crippen LogP contribution < -0.4 is 5.32 Å². The van der Waals surface area contributed by atoms with Crippen LogP contribution in [0.4, 0.5) is 0 Å². The molecule has 0 spiro atoms. The summed E-state index contributed by atoms with van der Waals surface area (Å²) < 4.78 is 5.17. The van der Waals surface area contributed by atoms with Gasteiger partial charge in [-0.1, -0.05) is 0 Å². The number of ether oxygens (including phenoxy) is 1. The van der Waals surface area contributed by atoms with Gasteiger partial charge in [0.25, 0.3) is 0 Å². The van der Waals surface area contributed by atoms with E-state index in [4.69, 9.17) is 4.74 Å². The van der Waals surface area contributed by atoms with Crippen molar-refractivity contribution >= 4 is 11.9 Å². The van der Waals surface area contributed by atoms with Crippen molar-refractivity contribution in [3.05, 3.63) is 0 Å². The first kappa shape index (κ1) is 14.9. The Morgan fingerprint density at radius 1 is 1.31 bits per heavy atom. The van der Waals surface area contributed by atoms with Crippen LogP contribution in [-0.4, -0.2) is 49.1 Å². The van der Waals surface area contributed by atoms with Crippen LogP contribution in [0.1, 0.15) is 27.7 Å². The van der Waals surface area contributed by atoms with Gasteiger partial charge < -0.3 is 9.64 Å². The Balaban J connectivity index is 4.03. The third-order valence-corrected chi connectivity index (χ3v) is 1.82. The molecule has 0 aliphatic rings. The lowest BCUT2D eigenvalue weighted by Gasteiger charge is -2.23. The van der Waals surface area contributed by atoms with Crippen LogP contribution in [0.25, 0.3) is 0 Å². The molecule has 0 heterocycles. The summed E-state index contributed by atoms with van der Waals surface area (Å²) in [5.41, 5.74) is -0.501. The molecule has 0 aromatic heterocycles. The molecule has 0 bridgehead atoms. The maximum atomic E-state index is 11.5. The van der Waals surface area contributed by atoms with Gasteiger partial charge in [-0.25, -0.2) is 0 Å². The molecule has 5 nitrogen and oxygen atoms in total. The van der Waals surface area contributed by atoms with E-state index in [-0.39, 0.29) is 18.4 Å². The highest BCUT2D eigenvalue weighted by molar-refractivity contribution is 5.80. The second-order valence-corrected chi connectivity index (χ2v) is 4.92. The van der Waals surface area contributed by atoms with Gasteiger partial charge in [0.15, 0.2) is 0 Å². The van der Waals surface area contributed by atoms with Crippen molar-refractivity contribution in [2.75, 3.05) is 20.6 Å². The predicted molar refractivity (Wildman–Crippen MR) is 62.0 cm³/mol. The van der Waals surface area contributed by atoms with Gasteiger partial charge in [-0.05, 0) is 27.7 Å². The molecule has 1 atom stereocenters. The maximum Gasteiger partial charge on any atom is 0.323 e. The smallest absolute Gasteiger partial charge is 0.323 e. The fraction of sp³-hybridized carbons (Fsp3) is 0.818. The summed E-state index contributed by atoms with van der Waals surface area (Å²) in [6.45, 7) is 7.23. The average molecular weight is 230 g/mol. The Bertz CT molecular complexity index is 256. The molecule has 0 fully saturated rings. The fourth-order valence-electron chi connectivity index (χ4n) is 0.872. The molecule has 16 heavy (non-hydrogen) atoms. The van der Waals surface area contributed by atoms with Crippen molar-refractivity contribution in [1.29, 1.82) is 0 Å². The standard InChI is InChI=1S/C11H22N2O3/c1-8(10(15)16-11(2,3)4)12-7-9(14)13(5)6/h8,12H,7H2,1-6H3. The Morgan fingerprint density at radius 3 is 2.19 bits per heavy atom. The minimum absolute atomic E-state index is 0.0737. The Hall–Kier alpha value is -1.10. The number of esters is 1. The largest absolute Gasteiger partial charge is 0.459 e. The maximum absolute atomic E-state index is 11.5. The van der Waals surface area contributed by atoms with Gasteiger partial charge in [-0.3, -0.25) is 14.9 Å². The molecule has 94 valence electrons. The molecular formula is C11H22N2O3. The van der Waals surface area contributed by atoms with Crippen molar-refractivity contribution in [2.45, 2.75) is 39.3 Å². The van der Waals surface area contributed by atoms with Gasteiger partial charge in [0.1, 0.15) is 11.6 Å². The number of rotatable bonds is 4. The van der Waals surface area contributed by atoms with E-state index in [0.29, 0.717) is 0 Å². The molecule has 0 aliphatic carbocycles. The lowest BCUT2D eigenvalue weighted by Crippen LogP contribution is -2.43. The first-order valence-corrected chi connectivity index (χ1v) is 5.30. The van der Waals surface area contributed by atoms with Crippen molar-refractivity contribution in [3.63, 3.8) is 0 Å². The normalized spacial score (nSPS) is 13.1. The van der Waals surface area contributed by atoms with Gasteiger partial charge >= 0.3 is 5.97 Å². The summed E-state index contributed by atoms with van der Waals surface area (Å²) >= 11 is 0. The molecule has 5 heteroatoms. The minimum Gasteiger partial charge on any atom is -0.459 e. The number of carbonyl (C=O) groups excluding carboxylic acids is 2. The van der Waals surface area contributed by atoms with Gasteiger partial charge in [0.05, 0.1) is 6.54 Å². The third-order valence-electron chi connectivity index (χ3n) is 1.82. The second kappa shape index (κ2) is 5.84. The van der Waals surface area contributed by atoms with Crippen LogP contribution in [0.5, 0.6) is 0 Å². The number of nitrogens with one attached hydrogen (secondary N) is 1. The summed E-state index contributed by atoms with van der Waals surface area (Å²) in [7, 11) is 3.34. The average Bonchev–Trinajstić information content (AvgIpc) is 2.10.